The molecule has 0 saturated carbocycles. The smallest absolute Gasteiger partial charge is 0.294 e. The molecule has 4 rings (SSSR count). The van der Waals surface area contributed by atoms with E-state index in [4.69, 9.17) is 5.73 Å². The summed E-state index contributed by atoms with van der Waals surface area (Å²) >= 11 is 1.35. The van der Waals surface area contributed by atoms with E-state index in [2.05, 4.69) is 35.8 Å². The molecule has 0 atom stereocenters. The van der Waals surface area contributed by atoms with Gasteiger partial charge in [-0.05, 0) is 28.7 Å². The summed E-state index contributed by atoms with van der Waals surface area (Å²) < 4.78 is 5.87. The monoisotopic (exact) mass is 439 g/mol. The van der Waals surface area contributed by atoms with Crippen molar-refractivity contribution in [1.82, 2.24) is 30.7 Å². The van der Waals surface area contributed by atoms with Crippen LogP contribution in [0.2, 0.25) is 0 Å². The fraction of sp³-hybridized carbons (Fsp3) is 0.0588. The second-order valence-electron chi connectivity index (χ2n) is 6.09. The predicted molar refractivity (Wildman–Crippen MR) is 110 cm³/mol. The van der Waals surface area contributed by atoms with E-state index in [1.807, 2.05) is 5.38 Å². The lowest BCUT2D eigenvalue weighted by atomic mass is 10.1. The first kappa shape index (κ1) is 19.8. The van der Waals surface area contributed by atoms with E-state index in [-0.39, 0.29) is 23.0 Å². The minimum absolute atomic E-state index is 0.0193. The first-order valence-corrected chi connectivity index (χ1v) is 9.51. The van der Waals surface area contributed by atoms with Crippen molar-refractivity contribution < 1.29 is 14.3 Å². The Morgan fingerprint density at radius 3 is 2.84 bits per heavy atom. The Bertz CT molecular complexity index is 1290. The number of nitro groups is 1. The van der Waals surface area contributed by atoms with Gasteiger partial charge in [0, 0.05) is 17.7 Å². The normalized spacial score (nSPS) is 11.5. The van der Waals surface area contributed by atoms with Crippen molar-refractivity contribution in [3.05, 3.63) is 63.1 Å². The van der Waals surface area contributed by atoms with E-state index in [0.717, 1.165) is 0 Å². The first-order chi connectivity index (χ1) is 15.0. The summed E-state index contributed by atoms with van der Waals surface area (Å²) in [6.07, 6.45) is 0. The van der Waals surface area contributed by atoms with Crippen molar-refractivity contribution >= 4 is 34.5 Å². The Kier molecular flexibility index (Phi) is 5.19. The molecular formula is C17H13N9O4S. The van der Waals surface area contributed by atoms with Crippen LogP contribution in [-0.2, 0) is 0 Å². The molecule has 1 amide bonds. The highest BCUT2D eigenvalue weighted by molar-refractivity contribution is 7.13. The Labute approximate surface area is 177 Å². The highest BCUT2D eigenvalue weighted by atomic mass is 32.1. The molecular weight excluding hydrogens is 426 g/mol. The average Bonchev–Trinajstić information content (AvgIpc) is 3.51. The number of thiophene rings is 1. The standard InChI is InChI=1S/C17H13N9O4S/c1-9(10-4-2-5-11(8-10)26(28)29)19-21-17(27)13-14(12-6-3-7-31-12)25(24-20-13)16-15(18)22-30-23-16/h2-8H,1H3,(H2,18,22)(H,21,27)/b19-9+. The Hall–Kier alpha value is -4.46. The van der Waals surface area contributed by atoms with E-state index in [9.17, 15) is 14.9 Å². The van der Waals surface area contributed by atoms with Gasteiger partial charge in [-0.1, -0.05) is 23.4 Å². The number of hydrogen-bond donors (Lipinski definition) is 2. The van der Waals surface area contributed by atoms with Crippen LogP contribution in [-0.4, -0.2) is 41.8 Å². The number of anilines is 1. The molecule has 14 heteroatoms. The van der Waals surface area contributed by atoms with Gasteiger partial charge in [-0.3, -0.25) is 14.9 Å². The van der Waals surface area contributed by atoms with Crippen molar-refractivity contribution in [3.63, 3.8) is 0 Å². The molecule has 3 aromatic heterocycles. The van der Waals surface area contributed by atoms with Crippen LogP contribution in [0.15, 0.2) is 51.5 Å². The third-order valence-electron chi connectivity index (χ3n) is 4.14. The summed E-state index contributed by atoms with van der Waals surface area (Å²) in [5.74, 6) is -0.574. The number of rotatable bonds is 6. The maximum absolute atomic E-state index is 12.8. The first-order valence-electron chi connectivity index (χ1n) is 8.63. The molecule has 1 aromatic carbocycles. The fourth-order valence-electron chi connectivity index (χ4n) is 2.65. The molecule has 4 aromatic rings. The Balaban J connectivity index is 1.66. The van der Waals surface area contributed by atoms with Gasteiger partial charge < -0.3 is 5.73 Å². The number of non-ortho nitro benzene ring substituents is 1. The molecule has 0 aliphatic carbocycles. The van der Waals surface area contributed by atoms with Gasteiger partial charge in [-0.15, -0.1) is 16.4 Å². The van der Waals surface area contributed by atoms with Crippen molar-refractivity contribution in [2.75, 3.05) is 5.73 Å². The second kappa shape index (κ2) is 8.11. The molecule has 0 radical (unpaired) electrons. The van der Waals surface area contributed by atoms with Gasteiger partial charge in [0.15, 0.2) is 5.69 Å². The number of carbonyl (C=O) groups excluding carboxylic acids is 1. The van der Waals surface area contributed by atoms with Gasteiger partial charge in [0.05, 0.1) is 15.5 Å². The summed E-state index contributed by atoms with van der Waals surface area (Å²) in [4.78, 5) is 23.9. The molecule has 0 saturated heterocycles. The number of carbonyl (C=O) groups is 1. The average molecular weight is 439 g/mol. The quantitative estimate of drug-likeness (QED) is 0.258. The van der Waals surface area contributed by atoms with Crippen molar-refractivity contribution in [2.45, 2.75) is 6.92 Å². The van der Waals surface area contributed by atoms with E-state index < -0.39 is 10.8 Å². The van der Waals surface area contributed by atoms with Crippen LogP contribution in [0.4, 0.5) is 11.5 Å². The van der Waals surface area contributed by atoms with E-state index in [1.54, 1.807) is 25.1 Å². The van der Waals surface area contributed by atoms with Crippen LogP contribution in [0.1, 0.15) is 23.0 Å². The third-order valence-corrected chi connectivity index (χ3v) is 5.01. The molecule has 0 fully saturated rings. The number of hydrogen-bond acceptors (Lipinski definition) is 11. The molecule has 0 spiro atoms. The number of nitro benzene ring substituents is 1. The van der Waals surface area contributed by atoms with Gasteiger partial charge in [0.25, 0.3) is 11.6 Å². The van der Waals surface area contributed by atoms with Crippen LogP contribution in [0.3, 0.4) is 0 Å². The molecule has 0 aliphatic rings. The van der Waals surface area contributed by atoms with Crippen LogP contribution in [0, 0.1) is 10.1 Å². The Morgan fingerprint density at radius 1 is 1.32 bits per heavy atom. The van der Waals surface area contributed by atoms with Gasteiger partial charge >= 0.3 is 0 Å². The second-order valence-corrected chi connectivity index (χ2v) is 7.04. The fourth-order valence-corrected chi connectivity index (χ4v) is 3.41. The van der Waals surface area contributed by atoms with Gasteiger partial charge in [0.2, 0.25) is 11.6 Å². The molecule has 0 bridgehead atoms. The topological polar surface area (TPSA) is 180 Å². The zero-order valence-electron chi connectivity index (χ0n) is 15.8. The van der Waals surface area contributed by atoms with Crippen molar-refractivity contribution in [2.24, 2.45) is 5.10 Å². The number of benzene rings is 1. The Morgan fingerprint density at radius 2 is 2.16 bits per heavy atom. The molecule has 156 valence electrons. The largest absolute Gasteiger partial charge is 0.378 e. The summed E-state index contributed by atoms with van der Waals surface area (Å²) in [6.45, 7) is 1.61. The molecule has 3 N–H and O–H groups in total. The number of nitrogen functional groups attached to an aromatic ring is 1. The summed E-state index contributed by atoms with van der Waals surface area (Å²) in [5.41, 5.74) is 9.23. The maximum atomic E-state index is 12.8. The number of hydrazone groups is 1. The minimum Gasteiger partial charge on any atom is -0.378 e. The zero-order valence-corrected chi connectivity index (χ0v) is 16.6. The van der Waals surface area contributed by atoms with Crippen molar-refractivity contribution in [1.29, 1.82) is 0 Å². The molecule has 0 aliphatic heterocycles. The lowest BCUT2D eigenvalue weighted by Gasteiger charge is -2.04. The van der Waals surface area contributed by atoms with Crippen LogP contribution in [0.25, 0.3) is 16.4 Å². The van der Waals surface area contributed by atoms with Crippen molar-refractivity contribution in [3.8, 4) is 16.4 Å². The molecule has 31 heavy (non-hydrogen) atoms. The van der Waals surface area contributed by atoms with Crippen LogP contribution >= 0.6 is 11.3 Å². The zero-order chi connectivity index (χ0) is 22.0. The number of nitrogens with zero attached hydrogens (tertiary/aromatic N) is 7. The highest BCUT2D eigenvalue weighted by Gasteiger charge is 2.25. The molecule has 13 nitrogen and oxygen atoms in total. The maximum Gasteiger partial charge on any atom is 0.294 e. The van der Waals surface area contributed by atoms with Gasteiger partial charge in [-0.25, -0.2) is 10.1 Å². The number of nitrogens with two attached hydrogens (primary N) is 1. The van der Waals surface area contributed by atoms with Gasteiger partial charge in [-0.2, -0.15) is 9.78 Å². The SMILES string of the molecule is C/C(=N\NC(=O)c1nnn(-c2nonc2N)c1-c1cccs1)c1cccc([N+](=O)[O-])c1. The third kappa shape index (κ3) is 3.86. The molecule has 0 unspecified atom stereocenters. The lowest BCUT2D eigenvalue weighted by molar-refractivity contribution is -0.384. The van der Waals surface area contributed by atoms with Crippen LogP contribution < -0.4 is 11.2 Å². The van der Waals surface area contributed by atoms with E-state index in [0.29, 0.717) is 21.8 Å². The van der Waals surface area contributed by atoms with Crippen LogP contribution in [0.5, 0.6) is 0 Å². The van der Waals surface area contributed by atoms with Gasteiger partial charge in [0.1, 0.15) is 5.69 Å². The predicted octanol–water partition coefficient (Wildman–Crippen LogP) is 2.02. The number of amides is 1. The summed E-state index contributed by atoms with van der Waals surface area (Å²) in [6, 6.07) is 9.48. The molecule has 3 heterocycles. The van der Waals surface area contributed by atoms with E-state index in [1.165, 1.54) is 34.2 Å². The summed E-state index contributed by atoms with van der Waals surface area (Å²) in [7, 11) is 0. The number of aromatic nitrogens is 5. The van der Waals surface area contributed by atoms with E-state index >= 15 is 0 Å². The summed E-state index contributed by atoms with van der Waals surface area (Å²) in [5, 5.41) is 31.9. The number of nitrogens with one attached hydrogen (secondary N) is 1. The minimum atomic E-state index is -0.644. The highest BCUT2D eigenvalue weighted by Crippen LogP contribution is 2.29. The lowest BCUT2D eigenvalue weighted by Crippen LogP contribution is -2.20.